The van der Waals surface area contributed by atoms with Crippen molar-refractivity contribution in [1.82, 2.24) is 0 Å². The topological polar surface area (TPSA) is 131 Å². The smallest absolute Gasteiger partial charge is 0.550 e. The van der Waals surface area contributed by atoms with Crippen LogP contribution in [0.3, 0.4) is 0 Å². The Kier molecular flexibility index (Phi) is 18.6. The van der Waals surface area contributed by atoms with Crippen molar-refractivity contribution < 1.29 is 49.9 Å². The first-order chi connectivity index (χ1) is 5.04. The largest absolute Gasteiger partial charge is 1.00 e. The number of oxime groups is 2. The molecule has 0 aromatic heterocycles. The second kappa shape index (κ2) is 12.8. The van der Waals surface area contributed by atoms with Crippen LogP contribution in [-0.4, -0.2) is 28.4 Å². The van der Waals surface area contributed by atoms with Gasteiger partial charge in [0, 0.05) is 5.97 Å². The number of carbonyl (C=O) groups excluding carboxylic acids is 1. The number of hydrogen-bond acceptors (Lipinski definition) is 6. The van der Waals surface area contributed by atoms with E-state index in [1.165, 1.54) is 0 Å². The van der Waals surface area contributed by atoms with Gasteiger partial charge >= 0.3 is 29.6 Å². The molecule has 0 saturated heterocycles. The number of carbonyl (C=O) groups is 1. The summed E-state index contributed by atoms with van der Waals surface area (Å²) in [5.74, 6) is -1.32. The second-order valence-corrected chi connectivity index (χ2v) is 1.26. The first-order valence-corrected chi connectivity index (χ1v) is 2.37. The summed E-state index contributed by atoms with van der Waals surface area (Å²) in [4.78, 5) is 8.89. The molecular weight excluding hydrogens is 177 g/mol. The van der Waals surface area contributed by atoms with Crippen LogP contribution >= 0.6 is 0 Å². The predicted molar refractivity (Wildman–Crippen MR) is 34.4 cm³/mol. The Morgan fingerprint density at radius 1 is 1.58 bits per heavy atom. The van der Waals surface area contributed by atoms with Gasteiger partial charge in [-0.05, 0) is 6.92 Å². The molecule has 4 N–H and O–H groups in total. The van der Waals surface area contributed by atoms with Gasteiger partial charge in [0.2, 0.25) is 0 Å². The molecule has 0 aromatic carbocycles. The van der Waals surface area contributed by atoms with Gasteiger partial charge in [-0.25, -0.2) is 0 Å². The maximum Gasteiger partial charge on any atom is 1.00 e. The van der Waals surface area contributed by atoms with Crippen LogP contribution in [0.25, 0.3) is 0 Å². The van der Waals surface area contributed by atoms with E-state index in [2.05, 4.69) is 10.3 Å². The van der Waals surface area contributed by atoms with Crippen molar-refractivity contribution in [2.75, 3.05) is 0 Å². The van der Waals surface area contributed by atoms with Gasteiger partial charge in [0.05, 0.1) is 0 Å². The van der Waals surface area contributed by atoms with Crippen LogP contribution in [0.1, 0.15) is 6.92 Å². The normalized spacial score (nSPS) is 9.58. The summed E-state index contributed by atoms with van der Waals surface area (Å²) in [5, 5.41) is 29.2. The van der Waals surface area contributed by atoms with Crippen LogP contribution in [0.5, 0.6) is 0 Å². The Labute approximate surface area is 90.8 Å². The predicted octanol–water partition coefficient (Wildman–Crippen LogP) is -5.05. The monoisotopic (exact) mass is 185 g/mol. The van der Waals surface area contributed by atoms with E-state index in [0.29, 0.717) is 0 Å². The van der Waals surface area contributed by atoms with Crippen molar-refractivity contribution in [3.05, 3.63) is 0 Å². The summed E-state index contributed by atoms with van der Waals surface area (Å²) in [5.41, 5.74) is 4.77. The zero-order valence-electron chi connectivity index (χ0n) is 6.76. The molecule has 0 saturated carbocycles. The van der Waals surface area contributed by atoms with Crippen LogP contribution < -0.4 is 40.4 Å². The number of amidine groups is 1. The van der Waals surface area contributed by atoms with Gasteiger partial charge in [0.25, 0.3) is 0 Å². The van der Waals surface area contributed by atoms with Crippen molar-refractivity contribution in [2.24, 2.45) is 16.0 Å². The van der Waals surface area contributed by atoms with E-state index >= 15 is 0 Å². The van der Waals surface area contributed by atoms with Gasteiger partial charge in [-0.2, -0.15) is 0 Å². The number of nitrogens with two attached hydrogens (primary N) is 1. The molecule has 0 radical (unpaired) electrons. The number of hydrogen-bond donors (Lipinski definition) is 3. The fourth-order valence-electron chi connectivity index (χ4n) is 0.0850. The summed E-state index contributed by atoms with van der Waals surface area (Å²) < 4.78 is 0. The SMILES string of the molecule is CC(=O)[O-].NC(C=NO)=NO.[Na+]. The molecule has 0 atom stereocenters. The Bertz CT molecular complexity index is 166. The van der Waals surface area contributed by atoms with Crippen LogP contribution in [-0.2, 0) is 4.79 Å². The first kappa shape index (κ1) is 17.3. The van der Waals surface area contributed by atoms with Crippen LogP contribution in [0.2, 0.25) is 0 Å². The number of rotatable bonds is 1. The molecular formula is C4H8N3NaO4. The maximum absolute atomic E-state index is 8.89. The van der Waals surface area contributed by atoms with Gasteiger partial charge in [-0.15, -0.1) is 0 Å². The number of nitrogens with zero attached hydrogens (tertiary/aromatic N) is 2. The summed E-state index contributed by atoms with van der Waals surface area (Å²) in [6, 6.07) is 0. The molecule has 12 heavy (non-hydrogen) atoms. The Balaban J connectivity index is -0.000000142. The van der Waals surface area contributed by atoms with Crippen LogP contribution in [0.15, 0.2) is 10.3 Å². The van der Waals surface area contributed by atoms with E-state index in [1.54, 1.807) is 0 Å². The van der Waals surface area contributed by atoms with Crippen molar-refractivity contribution in [2.45, 2.75) is 6.92 Å². The molecule has 0 heterocycles. The zero-order chi connectivity index (χ0) is 9.28. The molecule has 8 heteroatoms. The van der Waals surface area contributed by atoms with Crippen molar-refractivity contribution in [1.29, 1.82) is 0 Å². The maximum atomic E-state index is 8.89. The van der Waals surface area contributed by atoms with E-state index in [4.69, 9.17) is 26.0 Å². The first-order valence-electron chi connectivity index (χ1n) is 2.37. The van der Waals surface area contributed by atoms with E-state index in [-0.39, 0.29) is 35.4 Å². The van der Waals surface area contributed by atoms with Crippen molar-refractivity contribution in [3.63, 3.8) is 0 Å². The Morgan fingerprint density at radius 2 is 1.92 bits per heavy atom. The Hall–Kier alpha value is -0.790. The molecule has 0 rings (SSSR count). The van der Waals surface area contributed by atoms with E-state index in [0.717, 1.165) is 13.1 Å². The molecule has 0 fully saturated rings. The van der Waals surface area contributed by atoms with Gasteiger partial charge in [0.15, 0.2) is 5.84 Å². The second-order valence-electron chi connectivity index (χ2n) is 1.26. The minimum atomic E-state index is -1.08. The average Bonchev–Trinajstić information content (AvgIpc) is 1.87. The number of carboxylic acid groups (broad SMARTS) is 1. The third-order valence-corrected chi connectivity index (χ3v) is 0.305. The molecule has 0 aliphatic heterocycles. The molecule has 0 unspecified atom stereocenters. The standard InChI is InChI=1S/C2H5N3O2.C2H4O2.Na/c3-2(5-7)1-4-6;1-2(3)4;/h1,6-7H,(H2,3,5);1H3,(H,3,4);/q;;+1/p-1. The molecule has 0 spiro atoms. The molecule has 0 aliphatic rings. The van der Waals surface area contributed by atoms with Crippen LogP contribution in [0, 0.1) is 0 Å². The van der Waals surface area contributed by atoms with E-state index < -0.39 is 5.97 Å². The van der Waals surface area contributed by atoms with Crippen molar-refractivity contribution >= 4 is 18.0 Å². The molecule has 0 bridgehead atoms. The molecule has 7 nitrogen and oxygen atoms in total. The fourth-order valence-corrected chi connectivity index (χ4v) is 0.0850. The van der Waals surface area contributed by atoms with E-state index in [1.807, 2.05) is 0 Å². The quantitative estimate of drug-likeness (QED) is 0.124. The van der Waals surface area contributed by atoms with E-state index in [9.17, 15) is 0 Å². The zero-order valence-corrected chi connectivity index (χ0v) is 8.76. The molecule has 0 amide bonds. The summed E-state index contributed by atoms with van der Waals surface area (Å²) in [7, 11) is 0. The van der Waals surface area contributed by atoms with Gasteiger partial charge < -0.3 is 26.0 Å². The molecule has 0 aliphatic carbocycles. The third-order valence-electron chi connectivity index (χ3n) is 0.305. The van der Waals surface area contributed by atoms with Gasteiger partial charge in [0.1, 0.15) is 6.21 Å². The minimum absolute atomic E-state index is 0. The van der Waals surface area contributed by atoms with Gasteiger partial charge in [-0.1, -0.05) is 10.3 Å². The van der Waals surface area contributed by atoms with Gasteiger partial charge in [-0.3, -0.25) is 0 Å². The summed E-state index contributed by atoms with van der Waals surface area (Å²) >= 11 is 0. The third kappa shape index (κ3) is 35.0. The average molecular weight is 185 g/mol. The fraction of sp³-hybridized carbons (Fsp3) is 0.250. The molecule has 64 valence electrons. The number of carboxylic acids is 1. The number of aliphatic carboxylic acids is 1. The minimum Gasteiger partial charge on any atom is -0.550 e. The Morgan fingerprint density at radius 3 is 2.00 bits per heavy atom. The summed E-state index contributed by atoms with van der Waals surface area (Å²) in [6.07, 6.45) is 0.806. The van der Waals surface area contributed by atoms with Crippen LogP contribution in [0.4, 0.5) is 0 Å². The molecule has 0 aromatic rings. The van der Waals surface area contributed by atoms with Crippen molar-refractivity contribution in [3.8, 4) is 0 Å². The summed E-state index contributed by atoms with van der Waals surface area (Å²) in [6.45, 7) is 0.972.